The van der Waals surface area contributed by atoms with Gasteiger partial charge in [-0.15, -0.1) is 11.3 Å². The van der Waals surface area contributed by atoms with Crippen LogP contribution in [0.4, 0.5) is 5.69 Å². The van der Waals surface area contributed by atoms with E-state index in [0.29, 0.717) is 22.6 Å². The van der Waals surface area contributed by atoms with Crippen LogP contribution in [0.3, 0.4) is 0 Å². The molecule has 0 fully saturated rings. The van der Waals surface area contributed by atoms with Crippen LogP contribution in [0.15, 0.2) is 64.8 Å². The van der Waals surface area contributed by atoms with Crippen LogP contribution >= 0.6 is 11.3 Å². The predicted octanol–water partition coefficient (Wildman–Crippen LogP) is 4.36. The molecule has 30 heavy (non-hydrogen) atoms. The van der Waals surface area contributed by atoms with Gasteiger partial charge >= 0.3 is 5.69 Å². The van der Waals surface area contributed by atoms with Gasteiger partial charge in [0.25, 0.3) is 0 Å². The Morgan fingerprint density at radius 1 is 1.00 bits per heavy atom. The minimum atomic E-state index is -0.266. The lowest BCUT2D eigenvalue weighted by atomic mass is 9.98. The van der Waals surface area contributed by atoms with Crippen molar-refractivity contribution in [3.63, 3.8) is 0 Å². The molecule has 0 unspecified atom stereocenters. The van der Waals surface area contributed by atoms with E-state index in [1.807, 2.05) is 11.4 Å². The molecule has 2 aromatic carbocycles. The number of H-pyrrole nitrogens is 2. The molecule has 4 aromatic rings. The molecule has 1 amide bonds. The maximum atomic E-state index is 12.6. The maximum absolute atomic E-state index is 12.6. The van der Waals surface area contributed by atoms with Gasteiger partial charge in [0, 0.05) is 10.6 Å². The van der Waals surface area contributed by atoms with E-state index in [4.69, 9.17) is 0 Å². The number of carbonyl (C=O) groups is 1. The molecule has 154 valence electrons. The Bertz CT molecular complexity index is 1190. The molecule has 2 heterocycles. The monoisotopic (exact) mass is 420 g/mol. The number of hydrogen-bond acceptors (Lipinski definition) is 4. The van der Waals surface area contributed by atoms with Gasteiger partial charge in [0.05, 0.1) is 23.6 Å². The largest absolute Gasteiger partial charge is 0.325 e. The fourth-order valence-electron chi connectivity index (χ4n) is 3.42. The fourth-order valence-corrected chi connectivity index (χ4v) is 4.25. The first-order valence-corrected chi connectivity index (χ1v) is 10.8. The van der Waals surface area contributed by atoms with Crippen LogP contribution in [0.25, 0.3) is 11.0 Å². The van der Waals surface area contributed by atoms with E-state index in [1.54, 1.807) is 29.5 Å². The summed E-state index contributed by atoms with van der Waals surface area (Å²) in [4.78, 5) is 30.5. The standard InChI is InChI=1S/C23H24N4O2S/c1-14(2)15-5-7-16(8-6-15)22(20-4-3-11-30-20)24-13-21(28)25-17-9-10-18-19(12-17)27-23(29)26-18/h3-12,14,22,24H,13H2,1-2H3,(H,25,28)(H2,26,27,29)/t22-/m0/s1. The molecule has 0 aliphatic heterocycles. The average Bonchev–Trinajstić information content (AvgIpc) is 3.37. The van der Waals surface area contributed by atoms with E-state index in [9.17, 15) is 9.59 Å². The van der Waals surface area contributed by atoms with Crippen molar-refractivity contribution in [2.45, 2.75) is 25.8 Å². The smallest absolute Gasteiger partial charge is 0.323 e. The number of anilines is 1. The van der Waals surface area contributed by atoms with Gasteiger partial charge in [0.2, 0.25) is 5.91 Å². The first-order valence-electron chi connectivity index (χ1n) is 9.88. The summed E-state index contributed by atoms with van der Waals surface area (Å²) in [5.41, 5.74) is 4.16. The van der Waals surface area contributed by atoms with Gasteiger partial charge in [0.15, 0.2) is 0 Å². The molecule has 7 heteroatoms. The second kappa shape index (κ2) is 8.69. The van der Waals surface area contributed by atoms with Crippen LogP contribution in [0.2, 0.25) is 0 Å². The molecular weight excluding hydrogens is 396 g/mol. The molecule has 0 radical (unpaired) electrons. The van der Waals surface area contributed by atoms with Crippen molar-refractivity contribution in [2.24, 2.45) is 0 Å². The number of imidazole rings is 1. The summed E-state index contributed by atoms with van der Waals surface area (Å²) in [6.07, 6.45) is 0. The molecule has 0 spiro atoms. The van der Waals surface area contributed by atoms with Crippen molar-refractivity contribution in [1.82, 2.24) is 15.3 Å². The summed E-state index contributed by atoms with van der Waals surface area (Å²) < 4.78 is 0. The second-order valence-corrected chi connectivity index (χ2v) is 8.52. The summed E-state index contributed by atoms with van der Waals surface area (Å²) >= 11 is 1.66. The number of amides is 1. The maximum Gasteiger partial charge on any atom is 0.323 e. The molecule has 2 aromatic heterocycles. The highest BCUT2D eigenvalue weighted by Crippen LogP contribution is 2.27. The molecule has 0 saturated heterocycles. The Morgan fingerprint density at radius 3 is 2.43 bits per heavy atom. The van der Waals surface area contributed by atoms with Crippen LogP contribution < -0.4 is 16.3 Å². The van der Waals surface area contributed by atoms with E-state index in [-0.39, 0.29) is 24.2 Å². The first kappa shape index (κ1) is 20.1. The first-order chi connectivity index (χ1) is 14.5. The van der Waals surface area contributed by atoms with Gasteiger partial charge < -0.3 is 15.3 Å². The summed E-state index contributed by atoms with van der Waals surface area (Å²) in [6, 6.07) is 17.9. The summed E-state index contributed by atoms with van der Waals surface area (Å²) in [7, 11) is 0. The lowest BCUT2D eigenvalue weighted by Crippen LogP contribution is -2.31. The fraction of sp³-hybridized carbons (Fsp3) is 0.217. The van der Waals surface area contributed by atoms with Crippen LogP contribution in [0.1, 0.15) is 41.8 Å². The van der Waals surface area contributed by atoms with Crippen molar-refractivity contribution in [1.29, 1.82) is 0 Å². The zero-order valence-electron chi connectivity index (χ0n) is 16.9. The van der Waals surface area contributed by atoms with Gasteiger partial charge in [-0.25, -0.2) is 4.79 Å². The SMILES string of the molecule is CC(C)c1ccc([C@H](NCC(=O)Nc2ccc3[nH]c(=O)[nH]c3c2)c2cccs2)cc1. The highest BCUT2D eigenvalue weighted by molar-refractivity contribution is 7.10. The second-order valence-electron chi connectivity index (χ2n) is 7.54. The third-order valence-electron chi connectivity index (χ3n) is 5.03. The minimum Gasteiger partial charge on any atom is -0.325 e. The predicted molar refractivity (Wildman–Crippen MR) is 122 cm³/mol. The third kappa shape index (κ3) is 4.53. The van der Waals surface area contributed by atoms with Crippen molar-refractivity contribution in [3.05, 3.63) is 86.5 Å². The average molecular weight is 421 g/mol. The summed E-state index contributed by atoms with van der Waals surface area (Å²) in [5, 5.41) is 8.31. The topological polar surface area (TPSA) is 89.8 Å². The molecule has 4 rings (SSSR count). The molecule has 0 bridgehead atoms. The normalized spacial score (nSPS) is 12.4. The summed E-state index contributed by atoms with van der Waals surface area (Å²) in [6.45, 7) is 4.51. The van der Waals surface area contributed by atoms with E-state index in [2.05, 4.69) is 64.8 Å². The zero-order valence-corrected chi connectivity index (χ0v) is 17.7. The Labute approximate surface area is 178 Å². The highest BCUT2D eigenvalue weighted by Gasteiger charge is 2.17. The summed E-state index contributed by atoms with van der Waals surface area (Å²) in [5.74, 6) is 0.331. The van der Waals surface area contributed by atoms with E-state index < -0.39 is 0 Å². The quantitative estimate of drug-likeness (QED) is 0.358. The Kier molecular flexibility index (Phi) is 5.83. The lowest BCUT2D eigenvalue weighted by Gasteiger charge is -2.19. The molecule has 4 N–H and O–H groups in total. The van der Waals surface area contributed by atoms with Crippen molar-refractivity contribution in [2.75, 3.05) is 11.9 Å². The van der Waals surface area contributed by atoms with Crippen molar-refractivity contribution < 1.29 is 4.79 Å². The number of benzene rings is 2. The Hall–Kier alpha value is -3.16. The number of fused-ring (bicyclic) bond motifs is 1. The number of aromatic amines is 2. The van der Waals surface area contributed by atoms with Gasteiger partial charge in [-0.2, -0.15) is 0 Å². The molecule has 0 aliphatic carbocycles. The molecule has 1 atom stereocenters. The van der Waals surface area contributed by atoms with E-state index >= 15 is 0 Å². The molecule has 6 nitrogen and oxygen atoms in total. The van der Waals surface area contributed by atoms with Crippen LogP contribution in [0.5, 0.6) is 0 Å². The molecular formula is C23H24N4O2S. The van der Waals surface area contributed by atoms with Gasteiger partial charge in [-0.05, 0) is 46.7 Å². The Morgan fingerprint density at radius 2 is 1.73 bits per heavy atom. The van der Waals surface area contributed by atoms with E-state index in [1.165, 1.54) is 5.56 Å². The lowest BCUT2D eigenvalue weighted by molar-refractivity contribution is -0.115. The van der Waals surface area contributed by atoms with Crippen molar-refractivity contribution >= 4 is 34.0 Å². The van der Waals surface area contributed by atoms with E-state index in [0.717, 1.165) is 10.4 Å². The number of thiophene rings is 1. The number of nitrogens with one attached hydrogen (secondary N) is 4. The number of rotatable bonds is 7. The van der Waals surface area contributed by atoms with Crippen LogP contribution in [-0.4, -0.2) is 22.4 Å². The molecule has 0 saturated carbocycles. The van der Waals surface area contributed by atoms with Gasteiger partial charge in [0.1, 0.15) is 0 Å². The minimum absolute atomic E-state index is 0.0551. The van der Waals surface area contributed by atoms with Crippen LogP contribution in [-0.2, 0) is 4.79 Å². The highest BCUT2D eigenvalue weighted by atomic mass is 32.1. The van der Waals surface area contributed by atoms with Gasteiger partial charge in [-0.3, -0.25) is 10.1 Å². The number of carbonyl (C=O) groups excluding carboxylic acids is 1. The van der Waals surface area contributed by atoms with Crippen molar-refractivity contribution in [3.8, 4) is 0 Å². The zero-order chi connectivity index (χ0) is 21.1. The van der Waals surface area contributed by atoms with Gasteiger partial charge in [-0.1, -0.05) is 44.2 Å². The number of hydrogen-bond donors (Lipinski definition) is 4. The van der Waals surface area contributed by atoms with Crippen LogP contribution in [0, 0.1) is 0 Å². The third-order valence-corrected chi connectivity index (χ3v) is 5.97. The Balaban J connectivity index is 1.46. The molecule has 0 aliphatic rings. The number of aromatic nitrogens is 2.